The van der Waals surface area contributed by atoms with Gasteiger partial charge < -0.3 is 20.6 Å². The van der Waals surface area contributed by atoms with Gasteiger partial charge in [-0.2, -0.15) is 0 Å². The molecule has 29 heavy (non-hydrogen) atoms. The lowest BCUT2D eigenvalue weighted by molar-refractivity contribution is -0.148. The Hall–Kier alpha value is -2.13. The van der Waals surface area contributed by atoms with Crippen molar-refractivity contribution >= 4 is 17.0 Å². The number of benzene rings is 1. The van der Waals surface area contributed by atoms with Crippen LogP contribution >= 0.6 is 0 Å². The Kier molecular flexibility index (Phi) is 5.06. The number of H-pyrrole nitrogens is 1. The summed E-state index contributed by atoms with van der Waals surface area (Å²) in [5.41, 5.74) is 5.43. The number of carbonyl (C=O) groups is 1. The topological polar surface area (TPSA) is 101 Å². The molecular weight excluding hydrogens is 387 g/mol. The van der Waals surface area contributed by atoms with E-state index in [9.17, 15) is 18.7 Å². The normalized spacial score (nSPS) is 23.2. The number of aliphatic carboxylic acids is 1. The van der Waals surface area contributed by atoms with E-state index >= 15 is 4.39 Å². The van der Waals surface area contributed by atoms with Gasteiger partial charge in [0.25, 0.3) is 0 Å². The molecule has 6 nitrogen and oxygen atoms in total. The predicted octanol–water partition coefficient (Wildman–Crippen LogP) is 3.66. The fraction of sp³-hybridized carbons (Fsp3) is 0.600. The number of aromatic amines is 1. The second-order valence-corrected chi connectivity index (χ2v) is 8.16. The van der Waals surface area contributed by atoms with Crippen LogP contribution in [0.1, 0.15) is 56.0 Å². The van der Waals surface area contributed by atoms with Crippen molar-refractivity contribution in [2.45, 2.75) is 55.9 Å². The van der Waals surface area contributed by atoms with Gasteiger partial charge in [0.2, 0.25) is 5.92 Å². The van der Waals surface area contributed by atoms with Crippen LogP contribution in [-0.4, -0.2) is 40.2 Å². The summed E-state index contributed by atoms with van der Waals surface area (Å²) >= 11 is 0. The summed E-state index contributed by atoms with van der Waals surface area (Å²) in [5.74, 6) is -4.26. The highest BCUT2D eigenvalue weighted by atomic mass is 19.3. The van der Waals surface area contributed by atoms with E-state index < -0.39 is 29.2 Å². The van der Waals surface area contributed by atoms with Gasteiger partial charge in [-0.05, 0) is 37.7 Å². The molecule has 0 unspecified atom stereocenters. The molecule has 1 aliphatic heterocycles. The number of imidazole rings is 1. The van der Waals surface area contributed by atoms with Crippen LogP contribution in [0.3, 0.4) is 0 Å². The molecule has 1 atom stereocenters. The number of carboxylic acids is 1. The summed E-state index contributed by atoms with van der Waals surface area (Å²) < 4.78 is 47.4. The van der Waals surface area contributed by atoms with E-state index in [0.717, 1.165) is 0 Å². The zero-order chi connectivity index (χ0) is 20.8. The van der Waals surface area contributed by atoms with Gasteiger partial charge in [0.05, 0.1) is 17.0 Å². The number of fused-ring (bicyclic) bond motifs is 1. The molecule has 2 aromatic rings. The average molecular weight is 411 g/mol. The lowest BCUT2D eigenvalue weighted by Gasteiger charge is -2.33. The van der Waals surface area contributed by atoms with Crippen LogP contribution in [0, 0.1) is 11.7 Å². The van der Waals surface area contributed by atoms with Gasteiger partial charge in [-0.1, -0.05) is 6.07 Å². The number of carboxylic acid groups (broad SMARTS) is 1. The van der Waals surface area contributed by atoms with Crippen molar-refractivity contribution in [1.29, 1.82) is 0 Å². The number of nitrogens with one attached hydrogen (secondary N) is 1. The van der Waals surface area contributed by atoms with Crippen molar-refractivity contribution in [2.24, 2.45) is 11.7 Å². The SMILES string of the molecule is N[C@H](c1nc2c(F)c(C3(C(=O)O)CCOCC3)ccc2[nH]1)C1CCC(F)(F)CC1. The molecule has 1 saturated heterocycles. The fourth-order valence-electron chi connectivity index (χ4n) is 4.55. The van der Waals surface area contributed by atoms with Gasteiger partial charge in [0.1, 0.15) is 11.3 Å². The minimum absolute atomic E-state index is 0.0289. The highest BCUT2D eigenvalue weighted by Crippen LogP contribution is 2.41. The maximum absolute atomic E-state index is 15.4. The van der Waals surface area contributed by atoms with E-state index in [-0.39, 0.29) is 68.7 Å². The van der Waals surface area contributed by atoms with Crippen molar-refractivity contribution in [3.05, 3.63) is 29.3 Å². The maximum atomic E-state index is 15.4. The first kappa shape index (κ1) is 20.2. The summed E-state index contributed by atoms with van der Waals surface area (Å²) in [5, 5.41) is 9.81. The fourth-order valence-corrected chi connectivity index (χ4v) is 4.55. The molecule has 158 valence electrons. The zero-order valence-corrected chi connectivity index (χ0v) is 15.9. The average Bonchev–Trinajstić information content (AvgIpc) is 3.13. The van der Waals surface area contributed by atoms with Gasteiger partial charge in [0, 0.05) is 31.6 Å². The minimum Gasteiger partial charge on any atom is -0.481 e. The van der Waals surface area contributed by atoms with Gasteiger partial charge in [0.15, 0.2) is 5.82 Å². The molecule has 0 amide bonds. The first-order chi connectivity index (χ1) is 13.7. The largest absolute Gasteiger partial charge is 0.481 e. The molecule has 1 aliphatic carbocycles. The molecule has 0 bridgehead atoms. The molecule has 1 saturated carbocycles. The van der Waals surface area contributed by atoms with Crippen molar-refractivity contribution in [2.75, 3.05) is 13.2 Å². The Bertz CT molecular complexity index is 914. The lowest BCUT2D eigenvalue weighted by atomic mass is 9.74. The van der Waals surface area contributed by atoms with Gasteiger partial charge in [-0.15, -0.1) is 0 Å². The molecule has 9 heteroatoms. The first-order valence-electron chi connectivity index (χ1n) is 9.87. The van der Waals surface area contributed by atoms with E-state index in [2.05, 4.69) is 9.97 Å². The second-order valence-electron chi connectivity index (χ2n) is 8.16. The summed E-state index contributed by atoms with van der Waals surface area (Å²) in [6.45, 7) is 0.486. The Balaban J connectivity index is 1.67. The first-order valence-corrected chi connectivity index (χ1v) is 9.87. The molecule has 0 radical (unpaired) electrons. The van der Waals surface area contributed by atoms with Crippen LogP contribution < -0.4 is 5.73 Å². The third-order valence-corrected chi connectivity index (χ3v) is 6.47. The van der Waals surface area contributed by atoms with Crippen molar-refractivity contribution < 1.29 is 27.8 Å². The minimum atomic E-state index is -2.65. The van der Waals surface area contributed by atoms with Gasteiger partial charge in [-0.3, -0.25) is 4.79 Å². The lowest BCUT2D eigenvalue weighted by Crippen LogP contribution is -2.42. The molecule has 1 aromatic heterocycles. The third kappa shape index (κ3) is 3.50. The van der Waals surface area contributed by atoms with E-state index in [0.29, 0.717) is 11.3 Å². The van der Waals surface area contributed by atoms with Crippen LogP contribution in [0.4, 0.5) is 13.2 Å². The number of alkyl halides is 2. The third-order valence-electron chi connectivity index (χ3n) is 6.47. The van der Waals surface area contributed by atoms with Crippen LogP contribution in [0.2, 0.25) is 0 Å². The molecule has 4 rings (SSSR count). The summed E-state index contributed by atoms with van der Waals surface area (Å²) in [7, 11) is 0. The van der Waals surface area contributed by atoms with E-state index in [4.69, 9.17) is 10.5 Å². The maximum Gasteiger partial charge on any atom is 0.314 e. The number of halogens is 3. The van der Waals surface area contributed by atoms with Crippen LogP contribution in [0.5, 0.6) is 0 Å². The number of nitrogens with zero attached hydrogens (tertiary/aromatic N) is 1. The predicted molar refractivity (Wildman–Crippen MR) is 99.3 cm³/mol. The van der Waals surface area contributed by atoms with Crippen LogP contribution in [-0.2, 0) is 14.9 Å². The Morgan fingerprint density at radius 1 is 1.24 bits per heavy atom. The Morgan fingerprint density at radius 2 is 1.90 bits per heavy atom. The number of nitrogens with two attached hydrogens (primary N) is 1. The molecule has 2 heterocycles. The van der Waals surface area contributed by atoms with Crippen LogP contribution in [0.15, 0.2) is 12.1 Å². The van der Waals surface area contributed by atoms with Crippen molar-refractivity contribution in [3.8, 4) is 0 Å². The van der Waals surface area contributed by atoms with E-state index in [1.807, 2.05) is 0 Å². The smallest absolute Gasteiger partial charge is 0.314 e. The molecular formula is C20H24F3N3O3. The highest BCUT2D eigenvalue weighted by Gasteiger charge is 2.44. The second kappa shape index (κ2) is 7.28. The van der Waals surface area contributed by atoms with E-state index in [1.165, 1.54) is 6.07 Å². The summed E-state index contributed by atoms with van der Waals surface area (Å²) in [6.07, 6.45) is 0.485. The zero-order valence-electron chi connectivity index (χ0n) is 15.9. The standard InChI is InChI=1S/C20H24F3N3O3/c21-14-12(19(18(27)28)7-9-29-10-8-19)1-2-13-16(14)26-17(25-13)15(24)11-3-5-20(22,23)6-4-11/h1-2,11,15H,3-10,24H2,(H,25,26)(H,27,28)/t15-/m0/s1. The molecule has 2 fully saturated rings. The quantitative estimate of drug-likeness (QED) is 0.713. The molecule has 0 spiro atoms. The Labute approximate surface area is 165 Å². The summed E-state index contributed by atoms with van der Waals surface area (Å²) in [4.78, 5) is 19.3. The van der Waals surface area contributed by atoms with Crippen LogP contribution in [0.25, 0.3) is 11.0 Å². The van der Waals surface area contributed by atoms with Crippen molar-refractivity contribution in [3.63, 3.8) is 0 Å². The number of hydrogen-bond acceptors (Lipinski definition) is 4. The Morgan fingerprint density at radius 3 is 2.52 bits per heavy atom. The number of aromatic nitrogens is 2. The van der Waals surface area contributed by atoms with Crippen molar-refractivity contribution in [1.82, 2.24) is 9.97 Å². The number of ether oxygens (including phenoxy) is 1. The van der Waals surface area contributed by atoms with E-state index in [1.54, 1.807) is 6.07 Å². The number of rotatable bonds is 4. The molecule has 4 N–H and O–H groups in total. The number of hydrogen-bond donors (Lipinski definition) is 3. The monoisotopic (exact) mass is 411 g/mol. The molecule has 2 aliphatic rings. The summed E-state index contributed by atoms with van der Waals surface area (Å²) in [6, 6.07) is 2.47. The highest BCUT2D eigenvalue weighted by molar-refractivity contribution is 5.85. The van der Waals surface area contributed by atoms with Gasteiger partial charge >= 0.3 is 5.97 Å². The molecule has 1 aromatic carbocycles. The van der Waals surface area contributed by atoms with Gasteiger partial charge in [-0.25, -0.2) is 18.2 Å².